The average molecular weight is 183 g/mol. The van der Waals surface area contributed by atoms with Crippen LogP contribution in [0.5, 0.6) is 0 Å². The summed E-state index contributed by atoms with van der Waals surface area (Å²) in [6.45, 7) is 3.80. The van der Waals surface area contributed by atoms with Crippen LogP contribution in [-0.2, 0) is 4.79 Å². The molecule has 5 heteroatoms. The summed E-state index contributed by atoms with van der Waals surface area (Å²) in [5.74, 6) is -0.415. The fraction of sp³-hybridized carbons (Fsp3) is 0.833. The summed E-state index contributed by atoms with van der Waals surface area (Å²) in [5, 5.41) is 8.17. The van der Waals surface area contributed by atoms with Crippen molar-refractivity contribution >= 4 is 18.3 Å². The van der Waals surface area contributed by atoms with Crippen LogP contribution >= 0.6 is 12.4 Å². The minimum atomic E-state index is -0.602. The van der Waals surface area contributed by atoms with Gasteiger partial charge in [-0.15, -0.1) is 12.4 Å². The molecule has 0 aliphatic rings. The quantitative estimate of drug-likeness (QED) is 0.434. The molecule has 0 saturated carbocycles. The third kappa shape index (κ3) is 4.19. The van der Waals surface area contributed by atoms with Crippen molar-refractivity contribution in [2.45, 2.75) is 26.3 Å². The first-order valence-electron chi connectivity index (χ1n) is 3.33. The molecule has 0 aromatic carbocycles. The van der Waals surface area contributed by atoms with Crippen molar-refractivity contribution in [2.24, 2.45) is 11.7 Å². The molecule has 2 atom stereocenters. The topological polar surface area (TPSA) is 75.4 Å². The molecule has 0 aromatic rings. The third-order valence-electron chi connectivity index (χ3n) is 1.67. The second kappa shape index (κ2) is 6.39. The van der Waals surface area contributed by atoms with Crippen LogP contribution in [-0.4, -0.2) is 17.2 Å². The minimum absolute atomic E-state index is 0. The predicted molar refractivity (Wildman–Crippen MR) is 44.6 cm³/mol. The van der Waals surface area contributed by atoms with Crippen molar-refractivity contribution in [3.63, 3.8) is 0 Å². The van der Waals surface area contributed by atoms with E-state index in [4.69, 9.17) is 10.9 Å². The van der Waals surface area contributed by atoms with E-state index >= 15 is 0 Å². The zero-order valence-corrected chi connectivity index (χ0v) is 7.52. The Kier molecular flexibility index (Phi) is 7.72. The lowest BCUT2D eigenvalue weighted by Crippen LogP contribution is -2.43. The fourth-order valence-electron chi connectivity index (χ4n) is 0.587. The van der Waals surface area contributed by atoms with Gasteiger partial charge >= 0.3 is 0 Å². The summed E-state index contributed by atoms with van der Waals surface area (Å²) >= 11 is 0. The smallest absolute Gasteiger partial charge is 0.260 e. The van der Waals surface area contributed by atoms with Crippen molar-refractivity contribution in [3.8, 4) is 0 Å². The van der Waals surface area contributed by atoms with E-state index in [0.29, 0.717) is 0 Å². The highest BCUT2D eigenvalue weighted by Crippen LogP contribution is 2.04. The Morgan fingerprint density at radius 2 is 2.18 bits per heavy atom. The molecule has 0 aliphatic carbocycles. The molecule has 0 spiro atoms. The van der Waals surface area contributed by atoms with Crippen molar-refractivity contribution in [1.82, 2.24) is 5.48 Å². The molecule has 0 bridgehead atoms. The lowest BCUT2D eigenvalue weighted by atomic mass is 10.00. The van der Waals surface area contributed by atoms with Crippen LogP contribution in [0.25, 0.3) is 0 Å². The number of carbonyl (C=O) groups excluding carboxylic acids is 1. The predicted octanol–water partition coefficient (Wildman–Crippen LogP) is 0.287. The van der Waals surface area contributed by atoms with E-state index < -0.39 is 11.9 Å². The average Bonchev–Trinajstić information content (AvgIpc) is 2.00. The summed E-state index contributed by atoms with van der Waals surface area (Å²) in [6, 6.07) is -0.602. The van der Waals surface area contributed by atoms with Gasteiger partial charge in [-0.05, 0) is 5.92 Å². The first kappa shape index (κ1) is 13.3. The molecule has 1 amide bonds. The SMILES string of the molecule is CC[C@H](C)[C@H](N)C(=O)NO.Cl. The molecular weight excluding hydrogens is 168 g/mol. The molecule has 0 aliphatic heterocycles. The summed E-state index contributed by atoms with van der Waals surface area (Å²) < 4.78 is 0. The molecule has 0 aromatic heterocycles. The number of hydrogen-bond acceptors (Lipinski definition) is 3. The minimum Gasteiger partial charge on any atom is -0.320 e. The molecule has 11 heavy (non-hydrogen) atoms. The molecule has 68 valence electrons. The number of rotatable bonds is 3. The number of hydrogen-bond donors (Lipinski definition) is 3. The highest BCUT2D eigenvalue weighted by Gasteiger charge is 2.17. The van der Waals surface area contributed by atoms with Gasteiger partial charge in [0.1, 0.15) is 0 Å². The van der Waals surface area contributed by atoms with E-state index in [2.05, 4.69) is 0 Å². The number of amides is 1. The number of hydroxylamine groups is 1. The molecule has 0 unspecified atom stereocenters. The van der Waals surface area contributed by atoms with Crippen LogP contribution < -0.4 is 11.2 Å². The molecule has 4 N–H and O–H groups in total. The van der Waals surface area contributed by atoms with Crippen LogP contribution in [0.4, 0.5) is 0 Å². The molecule has 0 radical (unpaired) electrons. The normalized spacial score (nSPS) is 14.5. The van der Waals surface area contributed by atoms with Crippen LogP contribution in [0.15, 0.2) is 0 Å². The molecule has 0 fully saturated rings. The second-order valence-electron chi connectivity index (χ2n) is 2.39. The van der Waals surface area contributed by atoms with E-state index in [1.54, 1.807) is 0 Å². The molecule has 0 heterocycles. The zero-order valence-electron chi connectivity index (χ0n) is 6.70. The Balaban J connectivity index is 0. The fourth-order valence-corrected chi connectivity index (χ4v) is 0.587. The summed E-state index contributed by atoms with van der Waals surface area (Å²) in [6.07, 6.45) is 0.828. The molecule has 0 rings (SSSR count). The van der Waals surface area contributed by atoms with E-state index in [-0.39, 0.29) is 18.3 Å². The third-order valence-corrected chi connectivity index (χ3v) is 1.67. The lowest BCUT2D eigenvalue weighted by Gasteiger charge is -2.14. The first-order chi connectivity index (χ1) is 4.63. The highest BCUT2D eigenvalue weighted by molar-refractivity contribution is 5.85. The van der Waals surface area contributed by atoms with Gasteiger partial charge in [-0.2, -0.15) is 0 Å². The van der Waals surface area contributed by atoms with E-state index in [9.17, 15) is 4.79 Å². The van der Waals surface area contributed by atoms with E-state index in [1.807, 2.05) is 13.8 Å². The molecule has 4 nitrogen and oxygen atoms in total. The standard InChI is InChI=1S/C6H14N2O2.ClH/c1-3-4(2)5(7)6(9)8-10;/h4-5,10H,3,7H2,1-2H3,(H,8,9);1H/t4-,5-;/m0./s1. The van der Waals surface area contributed by atoms with Crippen LogP contribution in [0.3, 0.4) is 0 Å². The van der Waals surface area contributed by atoms with Gasteiger partial charge in [0.05, 0.1) is 6.04 Å². The second-order valence-corrected chi connectivity index (χ2v) is 2.39. The maximum absolute atomic E-state index is 10.6. The van der Waals surface area contributed by atoms with Crippen LogP contribution in [0.1, 0.15) is 20.3 Å². The maximum Gasteiger partial charge on any atom is 0.260 e. The Morgan fingerprint density at radius 3 is 2.45 bits per heavy atom. The van der Waals surface area contributed by atoms with Crippen LogP contribution in [0.2, 0.25) is 0 Å². The first-order valence-corrected chi connectivity index (χ1v) is 3.33. The Morgan fingerprint density at radius 1 is 1.73 bits per heavy atom. The van der Waals surface area contributed by atoms with Gasteiger partial charge in [0.15, 0.2) is 0 Å². The van der Waals surface area contributed by atoms with Gasteiger partial charge in [-0.3, -0.25) is 10.0 Å². The van der Waals surface area contributed by atoms with Gasteiger partial charge in [0, 0.05) is 0 Å². The van der Waals surface area contributed by atoms with E-state index in [1.165, 1.54) is 5.48 Å². The van der Waals surface area contributed by atoms with Gasteiger partial charge in [0.25, 0.3) is 5.91 Å². The summed E-state index contributed by atoms with van der Waals surface area (Å²) in [4.78, 5) is 10.6. The summed E-state index contributed by atoms with van der Waals surface area (Å²) in [5.41, 5.74) is 6.93. The Labute approximate surface area is 72.5 Å². The lowest BCUT2D eigenvalue weighted by molar-refractivity contribution is -0.131. The van der Waals surface area contributed by atoms with Crippen molar-refractivity contribution < 1.29 is 10.0 Å². The van der Waals surface area contributed by atoms with E-state index in [0.717, 1.165) is 6.42 Å². The van der Waals surface area contributed by atoms with Crippen molar-refractivity contribution in [2.75, 3.05) is 0 Å². The van der Waals surface area contributed by atoms with Crippen molar-refractivity contribution in [1.29, 1.82) is 0 Å². The number of halogens is 1. The monoisotopic (exact) mass is 182 g/mol. The summed E-state index contributed by atoms with van der Waals surface area (Å²) in [7, 11) is 0. The largest absolute Gasteiger partial charge is 0.320 e. The maximum atomic E-state index is 10.6. The van der Waals surface area contributed by atoms with Crippen LogP contribution in [0, 0.1) is 5.92 Å². The highest BCUT2D eigenvalue weighted by atomic mass is 35.5. The Hall–Kier alpha value is -0.320. The molecular formula is C6H15ClN2O2. The molecule has 0 saturated heterocycles. The zero-order chi connectivity index (χ0) is 8.15. The van der Waals surface area contributed by atoms with Gasteiger partial charge in [-0.1, -0.05) is 20.3 Å². The number of nitrogens with two attached hydrogens (primary N) is 1. The Bertz CT molecular complexity index is 121. The van der Waals surface area contributed by atoms with Gasteiger partial charge in [-0.25, -0.2) is 5.48 Å². The van der Waals surface area contributed by atoms with Gasteiger partial charge < -0.3 is 5.73 Å². The van der Waals surface area contributed by atoms with Gasteiger partial charge in [0.2, 0.25) is 0 Å². The number of nitrogens with one attached hydrogen (secondary N) is 1. The van der Waals surface area contributed by atoms with Crippen molar-refractivity contribution in [3.05, 3.63) is 0 Å². The number of carbonyl (C=O) groups is 1.